The SMILES string of the molecule is [2H]C([2H])([2H])c1ccc(-c2cccc3c2C(C)(C)c2ccccc2-3)nc1. The molecular formula is C21H19N. The maximum absolute atomic E-state index is 7.51. The van der Waals surface area contributed by atoms with E-state index in [2.05, 4.69) is 55.2 Å². The molecule has 2 aromatic carbocycles. The summed E-state index contributed by atoms with van der Waals surface area (Å²) in [6, 6.07) is 18.2. The maximum Gasteiger partial charge on any atom is 0.0705 e. The summed E-state index contributed by atoms with van der Waals surface area (Å²) in [6.07, 6.45) is 1.47. The Morgan fingerprint density at radius 2 is 1.64 bits per heavy atom. The van der Waals surface area contributed by atoms with Crippen LogP contribution in [0.4, 0.5) is 0 Å². The number of aryl methyl sites for hydroxylation is 1. The van der Waals surface area contributed by atoms with Crippen molar-refractivity contribution in [1.29, 1.82) is 0 Å². The van der Waals surface area contributed by atoms with Gasteiger partial charge >= 0.3 is 0 Å². The zero-order valence-electron chi connectivity index (χ0n) is 15.7. The van der Waals surface area contributed by atoms with Gasteiger partial charge in [-0.1, -0.05) is 62.4 Å². The molecule has 1 nitrogen and oxygen atoms in total. The fourth-order valence-electron chi connectivity index (χ4n) is 3.61. The Morgan fingerprint density at radius 1 is 0.864 bits per heavy atom. The third kappa shape index (κ3) is 1.75. The molecule has 0 amide bonds. The fourth-order valence-corrected chi connectivity index (χ4v) is 3.61. The van der Waals surface area contributed by atoms with Gasteiger partial charge in [-0.05, 0) is 40.7 Å². The fraction of sp³-hybridized carbons (Fsp3) is 0.190. The summed E-state index contributed by atoms with van der Waals surface area (Å²) in [5.41, 5.74) is 7.10. The Morgan fingerprint density at radius 3 is 2.41 bits per heavy atom. The number of hydrogen-bond acceptors (Lipinski definition) is 1. The summed E-state index contributed by atoms with van der Waals surface area (Å²) < 4.78 is 22.5. The van der Waals surface area contributed by atoms with E-state index in [4.69, 9.17) is 4.11 Å². The van der Waals surface area contributed by atoms with Gasteiger partial charge in [-0.15, -0.1) is 0 Å². The summed E-state index contributed by atoms with van der Waals surface area (Å²) in [6.45, 7) is 2.34. The highest BCUT2D eigenvalue weighted by molar-refractivity contribution is 5.87. The van der Waals surface area contributed by atoms with Crippen molar-refractivity contribution in [1.82, 2.24) is 4.98 Å². The number of nitrogens with zero attached hydrogens (tertiary/aromatic N) is 1. The van der Waals surface area contributed by atoms with Crippen molar-refractivity contribution < 1.29 is 4.11 Å². The molecule has 1 aliphatic carbocycles. The smallest absolute Gasteiger partial charge is 0.0705 e. The number of rotatable bonds is 1. The molecule has 0 saturated heterocycles. The molecule has 0 spiro atoms. The van der Waals surface area contributed by atoms with E-state index in [0.717, 1.165) is 11.3 Å². The first kappa shape index (κ1) is 10.3. The minimum absolute atomic E-state index is 0.118. The lowest BCUT2D eigenvalue weighted by Gasteiger charge is -2.24. The Hall–Kier alpha value is -2.41. The molecule has 1 heterocycles. The van der Waals surface area contributed by atoms with Crippen LogP contribution in [0.1, 0.15) is 34.7 Å². The normalized spacial score (nSPS) is 17.1. The van der Waals surface area contributed by atoms with E-state index in [1.165, 1.54) is 28.5 Å². The molecule has 0 radical (unpaired) electrons. The Labute approximate surface area is 135 Å². The number of fused-ring (bicyclic) bond motifs is 3. The molecule has 0 bridgehead atoms. The van der Waals surface area contributed by atoms with Crippen LogP contribution in [0.15, 0.2) is 60.8 Å². The van der Waals surface area contributed by atoms with Crippen LogP contribution in [-0.2, 0) is 5.41 Å². The van der Waals surface area contributed by atoms with Gasteiger partial charge in [0.15, 0.2) is 0 Å². The largest absolute Gasteiger partial charge is 0.256 e. The number of hydrogen-bond donors (Lipinski definition) is 0. The van der Waals surface area contributed by atoms with E-state index in [1.54, 1.807) is 6.07 Å². The van der Waals surface area contributed by atoms with Gasteiger partial charge in [-0.25, -0.2) is 0 Å². The second-order valence-corrected chi connectivity index (χ2v) is 6.33. The minimum Gasteiger partial charge on any atom is -0.256 e. The van der Waals surface area contributed by atoms with Gasteiger partial charge in [0.05, 0.1) is 5.69 Å². The van der Waals surface area contributed by atoms with E-state index in [-0.39, 0.29) is 11.0 Å². The highest BCUT2D eigenvalue weighted by Crippen LogP contribution is 2.51. The summed E-state index contributed by atoms with van der Waals surface area (Å²) in [5.74, 6) is 0. The monoisotopic (exact) mass is 288 g/mol. The molecule has 1 aliphatic rings. The molecule has 0 fully saturated rings. The zero-order valence-corrected chi connectivity index (χ0v) is 12.7. The van der Waals surface area contributed by atoms with Gasteiger partial charge in [0, 0.05) is 21.3 Å². The van der Waals surface area contributed by atoms with Crippen molar-refractivity contribution in [2.24, 2.45) is 0 Å². The lowest BCUT2D eigenvalue weighted by Crippen LogP contribution is -2.16. The average Bonchev–Trinajstić information content (AvgIpc) is 2.83. The zero-order chi connectivity index (χ0) is 17.8. The molecule has 0 unspecified atom stereocenters. The van der Waals surface area contributed by atoms with Crippen LogP contribution in [0.3, 0.4) is 0 Å². The Kier molecular flexibility index (Phi) is 2.13. The quantitative estimate of drug-likeness (QED) is 0.587. The molecule has 0 atom stereocenters. The molecule has 4 rings (SSSR count). The van der Waals surface area contributed by atoms with Gasteiger partial charge in [0.1, 0.15) is 0 Å². The highest BCUT2D eigenvalue weighted by Gasteiger charge is 2.37. The third-order valence-corrected chi connectivity index (χ3v) is 4.62. The lowest BCUT2D eigenvalue weighted by atomic mass is 9.79. The topological polar surface area (TPSA) is 12.9 Å². The van der Waals surface area contributed by atoms with E-state index in [9.17, 15) is 0 Å². The molecular weight excluding hydrogens is 266 g/mol. The standard InChI is InChI=1S/C21H19N/c1-14-11-12-19(22-13-14)17-9-6-8-16-15-7-4-5-10-18(15)21(2,3)20(16)17/h4-13H,1-3H3/i1D3. The van der Waals surface area contributed by atoms with Crippen LogP contribution < -0.4 is 0 Å². The summed E-state index contributed by atoms with van der Waals surface area (Å²) >= 11 is 0. The van der Waals surface area contributed by atoms with E-state index in [0.29, 0.717) is 0 Å². The van der Waals surface area contributed by atoms with Crippen molar-refractivity contribution in [3.05, 3.63) is 77.5 Å². The number of pyridine rings is 1. The minimum atomic E-state index is -2.13. The molecule has 108 valence electrons. The second kappa shape index (κ2) is 4.54. The van der Waals surface area contributed by atoms with E-state index < -0.39 is 6.85 Å². The Bertz CT molecular complexity index is 954. The maximum atomic E-state index is 7.51. The van der Waals surface area contributed by atoms with Crippen molar-refractivity contribution in [2.45, 2.75) is 26.1 Å². The molecule has 0 saturated carbocycles. The van der Waals surface area contributed by atoms with Crippen LogP contribution in [0.5, 0.6) is 0 Å². The van der Waals surface area contributed by atoms with E-state index >= 15 is 0 Å². The van der Waals surface area contributed by atoms with Crippen molar-refractivity contribution in [3.63, 3.8) is 0 Å². The number of benzene rings is 2. The van der Waals surface area contributed by atoms with Gasteiger partial charge < -0.3 is 0 Å². The first-order chi connectivity index (χ1) is 11.8. The molecule has 3 aromatic rings. The van der Waals surface area contributed by atoms with Crippen LogP contribution in [0.25, 0.3) is 22.4 Å². The van der Waals surface area contributed by atoms with Gasteiger partial charge in [-0.3, -0.25) is 4.98 Å². The third-order valence-electron chi connectivity index (χ3n) is 4.62. The van der Waals surface area contributed by atoms with Crippen molar-refractivity contribution in [3.8, 4) is 22.4 Å². The second-order valence-electron chi connectivity index (χ2n) is 6.33. The van der Waals surface area contributed by atoms with Crippen molar-refractivity contribution >= 4 is 0 Å². The van der Waals surface area contributed by atoms with Gasteiger partial charge in [0.25, 0.3) is 0 Å². The van der Waals surface area contributed by atoms with Crippen LogP contribution in [0, 0.1) is 6.85 Å². The predicted octanol–water partition coefficient (Wildman–Crippen LogP) is 5.36. The van der Waals surface area contributed by atoms with Crippen LogP contribution in [0.2, 0.25) is 0 Å². The van der Waals surface area contributed by atoms with Gasteiger partial charge in [0.2, 0.25) is 0 Å². The van der Waals surface area contributed by atoms with Crippen LogP contribution >= 0.6 is 0 Å². The van der Waals surface area contributed by atoms with Gasteiger partial charge in [-0.2, -0.15) is 0 Å². The summed E-state index contributed by atoms with van der Waals surface area (Å²) in [7, 11) is 0. The molecule has 1 heteroatoms. The average molecular weight is 288 g/mol. The van der Waals surface area contributed by atoms with Crippen molar-refractivity contribution in [2.75, 3.05) is 0 Å². The summed E-state index contributed by atoms with van der Waals surface area (Å²) in [4.78, 5) is 4.46. The molecule has 1 aromatic heterocycles. The predicted molar refractivity (Wildman–Crippen MR) is 92.0 cm³/mol. The lowest BCUT2D eigenvalue weighted by molar-refractivity contribution is 0.662. The van der Waals surface area contributed by atoms with E-state index in [1.807, 2.05) is 12.1 Å². The first-order valence-electron chi connectivity index (χ1n) is 9.00. The molecule has 0 N–H and O–H groups in total. The molecule has 22 heavy (non-hydrogen) atoms. The number of aromatic nitrogens is 1. The van der Waals surface area contributed by atoms with Crippen LogP contribution in [-0.4, -0.2) is 4.98 Å². The first-order valence-corrected chi connectivity index (χ1v) is 7.50. The highest BCUT2D eigenvalue weighted by atomic mass is 14.7. The Balaban J connectivity index is 1.90. The summed E-state index contributed by atoms with van der Waals surface area (Å²) in [5, 5.41) is 0. The molecule has 0 aliphatic heterocycles.